The summed E-state index contributed by atoms with van der Waals surface area (Å²) in [5.41, 5.74) is 4.03. The van der Waals surface area contributed by atoms with Gasteiger partial charge in [0.15, 0.2) is 0 Å². The molecule has 2 rings (SSSR count). The summed E-state index contributed by atoms with van der Waals surface area (Å²) in [6.07, 6.45) is 0. The molecule has 0 heterocycles. The van der Waals surface area contributed by atoms with Gasteiger partial charge in [-0.25, -0.2) is 0 Å². The Morgan fingerprint density at radius 3 is 2.26 bits per heavy atom. The second-order valence-electron chi connectivity index (χ2n) is 6.22. The highest BCUT2D eigenvalue weighted by molar-refractivity contribution is 5.94. The summed E-state index contributed by atoms with van der Waals surface area (Å²) < 4.78 is 5.40. The molecule has 0 aromatic heterocycles. The Bertz CT molecular complexity index is 675. The van der Waals surface area contributed by atoms with Gasteiger partial charge in [0.1, 0.15) is 5.75 Å². The van der Waals surface area contributed by atoms with Crippen molar-refractivity contribution in [2.75, 3.05) is 7.11 Å². The quantitative estimate of drug-likeness (QED) is 0.875. The number of hydrogen-bond acceptors (Lipinski definition) is 2. The molecule has 0 aliphatic rings. The predicted octanol–water partition coefficient (Wildman–Crippen LogP) is 4.62. The van der Waals surface area contributed by atoms with E-state index >= 15 is 0 Å². The van der Waals surface area contributed by atoms with Crippen LogP contribution in [0.4, 0.5) is 0 Å². The first-order chi connectivity index (χ1) is 10.9. The van der Waals surface area contributed by atoms with Crippen molar-refractivity contribution in [1.29, 1.82) is 0 Å². The number of ether oxygens (including phenoxy) is 1. The first-order valence-corrected chi connectivity index (χ1v) is 7.97. The molecule has 1 amide bonds. The zero-order valence-electron chi connectivity index (χ0n) is 14.5. The van der Waals surface area contributed by atoms with Crippen LogP contribution >= 0.6 is 0 Å². The fourth-order valence-corrected chi connectivity index (χ4v) is 2.57. The van der Waals surface area contributed by atoms with E-state index in [4.69, 9.17) is 4.74 Å². The third-order valence-electron chi connectivity index (χ3n) is 4.04. The normalized spacial score (nSPS) is 12.1. The van der Waals surface area contributed by atoms with Gasteiger partial charge < -0.3 is 10.1 Å². The Hall–Kier alpha value is -2.29. The van der Waals surface area contributed by atoms with Crippen molar-refractivity contribution in [1.82, 2.24) is 5.32 Å². The zero-order valence-corrected chi connectivity index (χ0v) is 14.5. The van der Waals surface area contributed by atoms with Crippen LogP contribution in [-0.4, -0.2) is 13.0 Å². The summed E-state index contributed by atoms with van der Waals surface area (Å²) in [5.74, 6) is 1.18. The van der Waals surface area contributed by atoms with Crippen molar-refractivity contribution >= 4 is 5.91 Å². The Kier molecular flexibility index (Phi) is 5.43. The van der Waals surface area contributed by atoms with E-state index in [2.05, 4.69) is 19.2 Å². The molecule has 23 heavy (non-hydrogen) atoms. The van der Waals surface area contributed by atoms with Gasteiger partial charge in [-0.15, -0.1) is 0 Å². The van der Waals surface area contributed by atoms with Crippen LogP contribution in [0.3, 0.4) is 0 Å². The molecular formula is C20H25NO2. The van der Waals surface area contributed by atoms with Crippen LogP contribution in [0.25, 0.3) is 0 Å². The topological polar surface area (TPSA) is 38.3 Å². The maximum atomic E-state index is 12.4. The van der Waals surface area contributed by atoms with Crippen molar-refractivity contribution in [3.8, 4) is 5.75 Å². The number of methoxy groups -OCH3 is 1. The summed E-state index contributed by atoms with van der Waals surface area (Å²) >= 11 is 0. The SMILES string of the molecule is COc1ccc(C)cc1[C@H](C)NC(=O)c1ccc(C(C)C)cc1. The molecule has 2 aromatic carbocycles. The van der Waals surface area contributed by atoms with Crippen LogP contribution in [-0.2, 0) is 0 Å². The molecule has 0 aliphatic heterocycles. The Morgan fingerprint density at radius 1 is 1.04 bits per heavy atom. The molecule has 1 atom stereocenters. The molecule has 0 saturated heterocycles. The molecule has 0 unspecified atom stereocenters. The number of carbonyl (C=O) groups excluding carboxylic acids is 1. The highest BCUT2D eigenvalue weighted by Gasteiger charge is 2.15. The minimum atomic E-state index is -0.123. The van der Waals surface area contributed by atoms with Crippen LogP contribution in [0.2, 0.25) is 0 Å². The second kappa shape index (κ2) is 7.32. The van der Waals surface area contributed by atoms with Crippen molar-refractivity contribution in [3.63, 3.8) is 0 Å². The number of benzene rings is 2. The molecule has 122 valence electrons. The van der Waals surface area contributed by atoms with E-state index < -0.39 is 0 Å². The second-order valence-corrected chi connectivity index (χ2v) is 6.22. The number of rotatable bonds is 5. The predicted molar refractivity (Wildman–Crippen MR) is 94.1 cm³/mol. The van der Waals surface area contributed by atoms with Crippen LogP contribution in [0.15, 0.2) is 42.5 Å². The Morgan fingerprint density at radius 2 is 1.70 bits per heavy atom. The monoisotopic (exact) mass is 311 g/mol. The number of carbonyl (C=O) groups is 1. The maximum absolute atomic E-state index is 12.4. The van der Waals surface area contributed by atoms with Crippen LogP contribution in [0.5, 0.6) is 5.75 Å². The van der Waals surface area contributed by atoms with E-state index in [1.54, 1.807) is 7.11 Å². The first kappa shape index (κ1) is 17.1. The van der Waals surface area contributed by atoms with Crippen LogP contribution < -0.4 is 10.1 Å². The van der Waals surface area contributed by atoms with E-state index in [-0.39, 0.29) is 11.9 Å². The highest BCUT2D eigenvalue weighted by atomic mass is 16.5. The third kappa shape index (κ3) is 4.13. The largest absolute Gasteiger partial charge is 0.496 e. The van der Waals surface area contributed by atoms with Crippen molar-refractivity contribution in [2.45, 2.75) is 39.7 Å². The molecule has 3 nitrogen and oxygen atoms in total. The molecule has 1 N–H and O–H groups in total. The van der Waals surface area contributed by atoms with E-state index in [9.17, 15) is 4.79 Å². The molecule has 0 spiro atoms. The molecule has 0 fully saturated rings. The average Bonchev–Trinajstić information content (AvgIpc) is 2.54. The average molecular weight is 311 g/mol. The number of aryl methyl sites for hydroxylation is 1. The van der Waals surface area contributed by atoms with E-state index in [0.717, 1.165) is 16.9 Å². The molecule has 0 radical (unpaired) electrons. The minimum absolute atomic E-state index is 0.0728. The summed E-state index contributed by atoms with van der Waals surface area (Å²) in [5, 5.41) is 3.04. The van der Waals surface area contributed by atoms with Crippen LogP contribution in [0.1, 0.15) is 59.8 Å². The fourth-order valence-electron chi connectivity index (χ4n) is 2.57. The van der Waals surface area contributed by atoms with Gasteiger partial charge >= 0.3 is 0 Å². The zero-order chi connectivity index (χ0) is 17.0. The smallest absolute Gasteiger partial charge is 0.251 e. The minimum Gasteiger partial charge on any atom is -0.496 e. The van der Waals surface area contributed by atoms with Gasteiger partial charge in [0, 0.05) is 11.1 Å². The maximum Gasteiger partial charge on any atom is 0.251 e. The van der Waals surface area contributed by atoms with E-state index in [0.29, 0.717) is 11.5 Å². The van der Waals surface area contributed by atoms with Gasteiger partial charge in [-0.1, -0.05) is 43.7 Å². The van der Waals surface area contributed by atoms with Gasteiger partial charge in [-0.3, -0.25) is 4.79 Å². The molecule has 0 bridgehead atoms. The molecule has 0 aliphatic carbocycles. The molecular weight excluding hydrogens is 286 g/mol. The van der Waals surface area contributed by atoms with Gasteiger partial charge in [-0.2, -0.15) is 0 Å². The number of hydrogen-bond donors (Lipinski definition) is 1. The van der Waals surface area contributed by atoms with Crippen molar-refractivity contribution in [3.05, 3.63) is 64.7 Å². The van der Waals surface area contributed by atoms with Crippen molar-refractivity contribution < 1.29 is 9.53 Å². The van der Waals surface area contributed by atoms with E-state index in [1.165, 1.54) is 5.56 Å². The first-order valence-electron chi connectivity index (χ1n) is 7.97. The van der Waals surface area contributed by atoms with E-state index in [1.807, 2.05) is 56.3 Å². The number of amides is 1. The summed E-state index contributed by atoms with van der Waals surface area (Å²) in [6.45, 7) is 8.28. The van der Waals surface area contributed by atoms with Gasteiger partial charge in [0.2, 0.25) is 0 Å². The lowest BCUT2D eigenvalue weighted by Gasteiger charge is -2.18. The molecule has 2 aromatic rings. The van der Waals surface area contributed by atoms with Gasteiger partial charge in [-0.05, 0) is 43.5 Å². The molecule has 0 saturated carbocycles. The van der Waals surface area contributed by atoms with Gasteiger partial charge in [0.05, 0.1) is 13.2 Å². The number of nitrogens with one attached hydrogen (secondary N) is 1. The molecule has 3 heteroatoms. The summed E-state index contributed by atoms with van der Waals surface area (Å²) in [7, 11) is 1.65. The lowest BCUT2D eigenvalue weighted by Crippen LogP contribution is -2.27. The lowest BCUT2D eigenvalue weighted by molar-refractivity contribution is 0.0939. The lowest BCUT2D eigenvalue weighted by atomic mass is 10.0. The third-order valence-corrected chi connectivity index (χ3v) is 4.04. The fraction of sp³-hybridized carbons (Fsp3) is 0.350. The summed E-state index contributed by atoms with van der Waals surface area (Å²) in [4.78, 5) is 12.4. The summed E-state index contributed by atoms with van der Waals surface area (Å²) in [6, 6.07) is 13.6. The Labute approximate surface area is 138 Å². The Balaban J connectivity index is 2.15. The van der Waals surface area contributed by atoms with Gasteiger partial charge in [0.25, 0.3) is 5.91 Å². The highest BCUT2D eigenvalue weighted by Crippen LogP contribution is 2.26. The standard InChI is InChI=1S/C20H25NO2/c1-13(2)16-7-9-17(10-8-16)20(22)21-15(4)18-12-14(3)6-11-19(18)23-5/h6-13,15H,1-5H3,(H,21,22)/t15-/m0/s1. The van der Waals surface area contributed by atoms with Crippen molar-refractivity contribution in [2.24, 2.45) is 0 Å². The van der Waals surface area contributed by atoms with Crippen LogP contribution in [0, 0.1) is 6.92 Å².